The van der Waals surface area contributed by atoms with E-state index in [0.29, 0.717) is 16.9 Å². The van der Waals surface area contributed by atoms with Crippen LogP contribution in [0.5, 0.6) is 0 Å². The highest BCUT2D eigenvalue weighted by Crippen LogP contribution is 2.15. The Balaban J connectivity index is 1.51. The summed E-state index contributed by atoms with van der Waals surface area (Å²) >= 11 is 0. The number of aliphatic carboxylic acids is 1. The van der Waals surface area contributed by atoms with Crippen LogP contribution in [0.2, 0.25) is 0 Å². The van der Waals surface area contributed by atoms with Crippen molar-refractivity contribution in [2.45, 2.75) is 19.0 Å². The molecule has 1 unspecified atom stereocenters. The van der Waals surface area contributed by atoms with Gasteiger partial charge >= 0.3 is 12.0 Å². The lowest BCUT2D eigenvalue weighted by molar-refractivity contribution is -0.137. The lowest BCUT2D eigenvalue weighted by Crippen LogP contribution is -2.39. The number of anilines is 1. The van der Waals surface area contributed by atoms with Crippen molar-refractivity contribution < 1.29 is 24.3 Å². The number of nitrogens with one attached hydrogen (secondary N) is 4. The Bertz CT molecular complexity index is 1170. The van der Waals surface area contributed by atoms with Crippen LogP contribution in [0.25, 0.3) is 0 Å². The van der Waals surface area contributed by atoms with Gasteiger partial charge in [-0.3, -0.25) is 24.4 Å². The maximum Gasteiger partial charge on any atom is 0.319 e. The smallest absolute Gasteiger partial charge is 0.319 e. The average Bonchev–Trinajstić information content (AvgIpc) is 2.86. The largest absolute Gasteiger partial charge is 0.481 e. The molecule has 0 saturated carbocycles. The number of hydrogen-bond donors (Lipinski definition) is 5. The number of nitrogens with zero attached hydrogens (tertiary/aromatic N) is 2. The summed E-state index contributed by atoms with van der Waals surface area (Å²) in [5, 5.41) is 19.5. The molecule has 0 fully saturated rings. The summed E-state index contributed by atoms with van der Waals surface area (Å²) in [6.45, 7) is -0.124. The molecule has 0 bridgehead atoms. The minimum absolute atomic E-state index is 0.231. The summed E-state index contributed by atoms with van der Waals surface area (Å²) in [7, 11) is 0. The first-order valence-electron chi connectivity index (χ1n) is 10.6. The Morgan fingerprint density at radius 1 is 0.943 bits per heavy atom. The molecule has 4 amide bonds. The van der Waals surface area contributed by atoms with Crippen LogP contribution in [0.1, 0.15) is 34.1 Å². The van der Waals surface area contributed by atoms with Crippen molar-refractivity contribution in [2.24, 2.45) is 0 Å². The van der Waals surface area contributed by atoms with Crippen LogP contribution in [-0.4, -0.2) is 45.4 Å². The molecule has 5 N–H and O–H groups in total. The first-order chi connectivity index (χ1) is 16.9. The summed E-state index contributed by atoms with van der Waals surface area (Å²) in [6, 6.07) is 13.6. The van der Waals surface area contributed by atoms with Crippen molar-refractivity contribution in [3.05, 3.63) is 90.0 Å². The van der Waals surface area contributed by atoms with Gasteiger partial charge in [0.15, 0.2) is 0 Å². The minimum Gasteiger partial charge on any atom is -0.481 e. The van der Waals surface area contributed by atoms with Gasteiger partial charge in [0, 0.05) is 29.8 Å². The van der Waals surface area contributed by atoms with Crippen molar-refractivity contribution in [1.82, 2.24) is 25.9 Å². The number of aromatic nitrogens is 2. The minimum atomic E-state index is -1.09. The number of hydrogen-bond acceptors (Lipinski definition) is 6. The number of amides is 4. The molecule has 1 atom stereocenters. The quantitative estimate of drug-likeness (QED) is 0.298. The maximum atomic E-state index is 12.5. The molecule has 3 aromatic rings. The lowest BCUT2D eigenvalue weighted by Gasteiger charge is -2.17. The zero-order chi connectivity index (χ0) is 25.0. The highest BCUT2D eigenvalue weighted by Gasteiger charge is 2.19. The molecule has 11 heteroatoms. The molecule has 11 nitrogen and oxygen atoms in total. The highest BCUT2D eigenvalue weighted by atomic mass is 16.4. The van der Waals surface area contributed by atoms with E-state index in [1.807, 2.05) is 6.07 Å². The highest BCUT2D eigenvalue weighted by molar-refractivity contribution is 5.98. The Morgan fingerprint density at radius 3 is 2.51 bits per heavy atom. The third-order valence-electron chi connectivity index (χ3n) is 4.75. The van der Waals surface area contributed by atoms with Crippen LogP contribution >= 0.6 is 0 Å². The van der Waals surface area contributed by atoms with Crippen LogP contribution in [0.4, 0.5) is 10.5 Å². The average molecular weight is 476 g/mol. The fourth-order valence-corrected chi connectivity index (χ4v) is 3.10. The molecular weight excluding hydrogens is 452 g/mol. The second-order valence-corrected chi connectivity index (χ2v) is 7.40. The van der Waals surface area contributed by atoms with Gasteiger partial charge in [0.2, 0.25) is 5.91 Å². The van der Waals surface area contributed by atoms with Gasteiger partial charge in [-0.15, -0.1) is 0 Å². The first-order valence-corrected chi connectivity index (χ1v) is 10.6. The zero-order valence-electron chi connectivity index (χ0n) is 18.6. The van der Waals surface area contributed by atoms with Crippen LogP contribution in [0.15, 0.2) is 73.2 Å². The van der Waals surface area contributed by atoms with Crippen molar-refractivity contribution in [3.63, 3.8) is 0 Å². The van der Waals surface area contributed by atoms with Crippen molar-refractivity contribution in [1.29, 1.82) is 0 Å². The second-order valence-electron chi connectivity index (χ2n) is 7.40. The Morgan fingerprint density at radius 2 is 1.80 bits per heavy atom. The van der Waals surface area contributed by atoms with E-state index in [1.54, 1.807) is 42.6 Å². The summed E-state index contributed by atoms with van der Waals surface area (Å²) < 4.78 is 0. The topological polar surface area (TPSA) is 162 Å². The molecule has 1 aromatic carbocycles. The predicted octanol–water partition coefficient (Wildman–Crippen LogP) is 1.86. The molecule has 0 aliphatic carbocycles. The van der Waals surface area contributed by atoms with Crippen molar-refractivity contribution in [3.8, 4) is 0 Å². The van der Waals surface area contributed by atoms with E-state index < -0.39 is 29.9 Å². The van der Waals surface area contributed by atoms with Gasteiger partial charge in [-0.1, -0.05) is 18.2 Å². The van der Waals surface area contributed by atoms with Crippen LogP contribution in [0, 0.1) is 0 Å². The summed E-state index contributed by atoms with van der Waals surface area (Å²) in [5.74, 6) is -2.18. The number of urea groups is 1. The third-order valence-corrected chi connectivity index (χ3v) is 4.75. The second kappa shape index (κ2) is 12.4. The van der Waals surface area contributed by atoms with Gasteiger partial charge in [-0.05, 0) is 42.0 Å². The standard InChI is InChI=1S/C24H24N6O5/c31-21(30-20(12-22(32)33)17-6-4-9-25-13-17)15-27-23(34)16-5-3-8-18(11-16)29-24(35)28-14-19-7-1-2-10-26-19/h1-11,13,20H,12,14-15H2,(H,27,34)(H,30,31)(H,32,33)(H2,28,29,35). The molecule has 0 spiro atoms. The molecule has 0 saturated heterocycles. The Kier molecular flexibility index (Phi) is 8.83. The SMILES string of the molecule is O=C(O)CC(NC(=O)CNC(=O)c1cccc(NC(=O)NCc2ccccn2)c1)c1cccnc1. The van der Waals surface area contributed by atoms with Gasteiger partial charge in [0.1, 0.15) is 0 Å². The molecule has 0 aliphatic heterocycles. The van der Waals surface area contributed by atoms with E-state index in [9.17, 15) is 19.2 Å². The van der Waals surface area contributed by atoms with Crippen LogP contribution < -0.4 is 21.3 Å². The van der Waals surface area contributed by atoms with Gasteiger partial charge in [0.05, 0.1) is 31.2 Å². The van der Waals surface area contributed by atoms with E-state index in [0.717, 1.165) is 0 Å². The van der Waals surface area contributed by atoms with Gasteiger partial charge in [-0.2, -0.15) is 0 Å². The first kappa shape index (κ1) is 24.8. The molecule has 0 radical (unpaired) electrons. The molecule has 0 aliphatic rings. The number of carbonyl (C=O) groups is 4. The van der Waals surface area contributed by atoms with Crippen LogP contribution in [0.3, 0.4) is 0 Å². The van der Waals surface area contributed by atoms with E-state index in [2.05, 4.69) is 31.2 Å². The maximum absolute atomic E-state index is 12.5. The van der Waals surface area contributed by atoms with Gasteiger partial charge < -0.3 is 26.4 Å². The fraction of sp³-hybridized carbons (Fsp3) is 0.167. The number of carboxylic acid groups (broad SMARTS) is 1. The normalized spacial score (nSPS) is 11.1. The number of rotatable bonds is 10. The molecular formula is C24H24N6O5. The van der Waals surface area contributed by atoms with E-state index in [1.165, 1.54) is 24.5 Å². The Hall–Kier alpha value is -4.80. The third kappa shape index (κ3) is 8.24. The van der Waals surface area contributed by atoms with Gasteiger partial charge in [0.25, 0.3) is 5.91 Å². The molecule has 35 heavy (non-hydrogen) atoms. The monoisotopic (exact) mass is 476 g/mol. The lowest BCUT2D eigenvalue weighted by atomic mass is 10.1. The van der Waals surface area contributed by atoms with Gasteiger partial charge in [-0.25, -0.2) is 4.79 Å². The zero-order valence-corrected chi connectivity index (χ0v) is 18.6. The van der Waals surface area contributed by atoms with Crippen LogP contribution in [-0.2, 0) is 16.1 Å². The molecule has 2 aromatic heterocycles. The molecule has 2 heterocycles. The van der Waals surface area contributed by atoms with Crippen molar-refractivity contribution >= 4 is 29.5 Å². The number of benzene rings is 1. The fourth-order valence-electron chi connectivity index (χ4n) is 3.10. The molecule has 3 rings (SSSR count). The summed E-state index contributed by atoms with van der Waals surface area (Å²) in [4.78, 5) is 56.2. The number of carbonyl (C=O) groups excluding carboxylic acids is 3. The van der Waals surface area contributed by atoms with E-state index in [-0.39, 0.29) is 25.1 Å². The van der Waals surface area contributed by atoms with Crippen molar-refractivity contribution in [2.75, 3.05) is 11.9 Å². The van der Waals surface area contributed by atoms with E-state index in [4.69, 9.17) is 5.11 Å². The van der Waals surface area contributed by atoms with E-state index >= 15 is 0 Å². The molecule has 180 valence electrons. The predicted molar refractivity (Wildman–Crippen MR) is 126 cm³/mol. The summed E-state index contributed by atoms with van der Waals surface area (Å²) in [5.41, 5.74) is 1.85. The summed E-state index contributed by atoms with van der Waals surface area (Å²) in [6.07, 6.45) is 4.30. The number of carboxylic acids is 1. The number of pyridine rings is 2. The Labute approximate surface area is 201 Å².